The molecule has 0 saturated carbocycles. The van der Waals surface area contributed by atoms with Gasteiger partial charge < -0.3 is 4.90 Å². The first-order valence-corrected chi connectivity index (χ1v) is 6.83. The number of rotatable bonds is 2. The summed E-state index contributed by atoms with van der Waals surface area (Å²) in [5.41, 5.74) is -0.619. The first-order chi connectivity index (χ1) is 7.62. The Balaban J connectivity index is 2.60. The second kappa shape index (κ2) is 4.96. The molecule has 0 bridgehead atoms. The van der Waals surface area contributed by atoms with Gasteiger partial charge in [-0.1, -0.05) is 0 Å². The van der Waals surface area contributed by atoms with E-state index in [1.807, 2.05) is 0 Å². The van der Waals surface area contributed by atoms with Crippen LogP contribution in [0.25, 0.3) is 0 Å². The lowest BCUT2D eigenvalue weighted by atomic mass is 10.0. The van der Waals surface area contributed by atoms with Crippen LogP contribution in [0.1, 0.15) is 26.7 Å². The van der Waals surface area contributed by atoms with Gasteiger partial charge in [-0.3, -0.25) is 9.00 Å². The molecule has 0 aromatic heterocycles. The maximum Gasteiger partial charge on any atom is 0.389 e. The van der Waals surface area contributed by atoms with Gasteiger partial charge in [0, 0.05) is 40.8 Å². The standard InChI is InChI=1S/C10H16F3NO2S/c1-9(2)7-17(16)6-5-14(9)8(15)3-4-10(11,12)13/h3-7H2,1-2H3/t17-/m1/s1. The maximum absolute atomic E-state index is 12.0. The summed E-state index contributed by atoms with van der Waals surface area (Å²) in [6.45, 7) is 3.74. The summed E-state index contributed by atoms with van der Waals surface area (Å²) >= 11 is 0. The number of nitrogens with zero attached hydrogens (tertiary/aromatic N) is 1. The fourth-order valence-electron chi connectivity index (χ4n) is 1.89. The molecule has 1 heterocycles. The van der Waals surface area contributed by atoms with Gasteiger partial charge in [0.15, 0.2) is 0 Å². The van der Waals surface area contributed by atoms with Crippen molar-refractivity contribution in [3.05, 3.63) is 0 Å². The third-order valence-corrected chi connectivity index (χ3v) is 4.38. The average Bonchev–Trinajstić information content (AvgIpc) is 2.11. The zero-order chi connectivity index (χ0) is 13.3. The predicted molar refractivity (Wildman–Crippen MR) is 59.0 cm³/mol. The summed E-state index contributed by atoms with van der Waals surface area (Å²) in [6, 6.07) is 0. The van der Waals surface area contributed by atoms with E-state index in [-0.39, 0.29) is 6.54 Å². The van der Waals surface area contributed by atoms with Gasteiger partial charge in [0.25, 0.3) is 0 Å². The van der Waals surface area contributed by atoms with Gasteiger partial charge in [0.2, 0.25) is 5.91 Å². The molecule has 1 rings (SSSR count). The lowest BCUT2D eigenvalue weighted by Crippen LogP contribution is -2.56. The zero-order valence-electron chi connectivity index (χ0n) is 9.84. The van der Waals surface area contributed by atoms with Gasteiger partial charge in [-0.05, 0) is 13.8 Å². The van der Waals surface area contributed by atoms with Gasteiger partial charge in [-0.25, -0.2) is 0 Å². The van der Waals surface area contributed by atoms with Crippen LogP contribution in [0.15, 0.2) is 0 Å². The highest BCUT2D eigenvalue weighted by Crippen LogP contribution is 2.25. The normalized spacial score (nSPS) is 24.8. The minimum atomic E-state index is -4.31. The van der Waals surface area contributed by atoms with E-state index in [0.29, 0.717) is 11.5 Å². The third-order valence-electron chi connectivity index (χ3n) is 2.71. The van der Waals surface area contributed by atoms with Crippen LogP contribution in [-0.2, 0) is 15.6 Å². The number of hydrogen-bond acceptors (Lipinski definition) is 2. The molecule has 3 nitrogen and oxygen atoms in total. The maximum atomic E-state index is 12.0. The molecular weight excluding hydrogens is 255 g/mol. The highest BCUT2D eigenvalue weighted by molar-refractivity contribution is 7.85. The molecule has 1 aliphatic rings. The molecule has 1 fully saturated rings. The van der Waals surface area contributed by atoms with E-state index >= 15 is 0 Å². The van der Waals surface area contributed by atoms with Gasteiger partial charge in [-0.15, -0.1) is 0 Å². The van der Waals surface area contributed by atoms with Crippen molar-refractivity contribution < 1.29 is 22.2 Å². The molecule has 0 aromatic carbocycles. The summed E-state index contributed by atoms with van der Waals surface area (Å²) in [5.74, 6) is 0.162. The molecule has 0 aromatic rings. The van der Waals surface area contributed by atoms with Crippen LogP contribution >= 0.6 is 0 Å². The van der Waals surface area contributed by atoms with Crippen LogP contribution in [0.2, 0.25) is 0 Å². The Morgan fingerprint density at radius 3 is 2.47 bits per heavy atom. The van der Waals surface area contributed by atoms with E-state index in [1.54, 1.807) is 13.8 Å². The Hall–Kier alpha value is -0.590. The van der Waals surface area contributed by atoms with E-state index in [4.69, 9.17) is 0 Å². The Morgan fingerprint density at radius 2 is 2.00 bits per heavy atom. The number of hydrogen-bond donors (Lipinski definition) is 0. The summed E-state index contributed by atoms with van der Waals surface area (Å²) in [5, 5.41) is 0. The fourth-order valence-corrected chi connectivity index (χ4v) is 3.36. The molecule has 0 N–H and O–H groups in total. The van der Waals surface area contributed by atoms with Crippen molar-refractivity contribution in [2.75, 3.05) is 18.1 Å². The zero-order valence-corrected chi connectivity index (χ0v) is 10.7. The Labute approximate surface area is 101 Å². The lowest BCUT2D eigenvalue weighted by Gasteiger charge is -2.42. The first-order valence-electron chi connectivity index (χ1n) is 5.34. The third kappa shape index (κ3) is 4.29. The number of alkyl halides is 3. The van der Waals surface area contributed by atoms with Crippen LogP contribution < -0.4 is 0 Å². The van der Waals surface area contributed by atoms with Gasteiger partial charge >= 0.3 is 6.18 Å². The minimum Gasteiger partial charge on any atom is -0.336 e. The Morgan fingerprint density at radius 1 is 1.41 bits per heavy atom. The lowest BCUT2D eigenvalue weighted by molar-refractivity contribution is -0.151. The SMILES string of the molecule is CC1(C)C[S@](=O)CCN1C(=O)CCC(F)(F)F. The van der Waals surface area contributed by atoms with Crippen LogP contribution in [0.3, 0.4) is 0 Å². The largest absolute Gasteiger partial charge is 0.389 e. The molecule has 1 atom stereocenters. The van der Waals surface area contributed by atoms with Crippen LogP contribution in [0.4, 0.5) is 13.2 Å². The quantitative estimate of drug-likeness (QED) is 0.766. The van der Waals surface area contributed by atoms with E-state index in [9.17, 15) is 22.2 Å². The van der Waals surface area contributed by atoms with Gasteiger partial charge in [0.05, 0.1) is 6.42 Å². The Kier molecular flexibility index (Phi) is 4.22. The molecule has 17 heavy (non-hydrogen) atoms. The van der Waals surface area contributed by atoms with Crippen molar-refractivity contribution in [1.82, 2.24) is 4.90 Å². The van der Waals surface area contributed by atoms with Crippen LogP contribution in [0.5, 0.6) is 0 Å². The first kappa shape index (κ1) is 14.5. The molecular formula is C10H16F3NO2S. The van der Waals surface area contributed by atoms with Crippen molar-refractivity contribution in [2.45, 2.75) is 38.4 Å². The molecule has 0 aliphatic carbocycles. The van der Waals surface area contributed by atoms with Crippen molar-refractivity contribution >= 4 is 16.7 Å². The fraction of sp³-hybridized carbons (Fsp3) is 0.900. The summed E-state index contributed by atoms with van der Waals surface area (Å²) in [7, 11) is -0.984. The molecule has 1 saturated heterocycles. The highest BCUT2D eigenvalue weighted by Gasteiger charge is 2.37. The summed E-state index contributed by atoms with van der Waals surface area (Å²) in [4.78, 5) is 13.1. The molecule has 0 spiro atoms. The predicted octanol–water partition coefficient (Wildman–Crippen LogP) is 1.70. The second-order valence-corrected chi connectivity index (χ2v) is 6.34. The van der Waals surface area contributed by atoms with Crippen molar-refractivity contribution in [3.63, 3.8) is 0 Å². The second-order valence-electron chi connectivity index (χ2n) is 4.76. The molecule has 1 amide bonds. The van der Waals surface area contributed by atoms with Crippen LogP contribution in [-0.4, -0.2) is 44.8 Å². The molecule has 0 unspecified atom stereocenters. The molecule has 0 radical (unpaired) electrons. The molecule has 100 valence electrons. The number of halogens is 3. The number of amides is 1. The topological polar surface area (TPSA) is 37.4 Å². The Bertz CT molecular complexity index is 328. The molecule has 7 heteroatoms. The van der Waals surface area contributed by atoms with Gasteiger partial charge in [-0.2, -0.15) is 13.2 Å². The van der Waals surface area contributed by atoms with Crippen molar-refractivity contribution in [1.29, 1.82) is 0 Å². The van der Waals surface area contributed by atoms with Crippen molar-refractivity contribution in [2.24, 2.45) is 0 Å². The van der Waals surface area contributed by atoms with E-state index in [2.05, 4.69) is 0 Å². The number of carbonyl (C=O) groups is 1. The highest BCUT2D eigenvalue weighted by atomic mass is 32.2. The van der Waals surface area contributed by atoms with E-state index in [0.717, 1.165) is 0 Å². The average molecular weight is 271 g/mol. The summed E-state index contributed by atoms with van der Waals surface area (Å²) in [6.07, 6.45) is -5.93. The van der Waals surface area contributed by atoms with Crippen LogP contribution in [0, 0.1) is 0 Å². The smallest absolute Gasteiger partial charge is 0.336 e. The van der Waals surface area contributed by atoms with E-state index in [1.165, 1.54) is 4.90 Å². The monoisotopic (exact) mass is 271 g/mol. The molecule has 1 aliphatic heterocycles. The van der Waals surface area contributed by atoms with Gasteiger partial charge in [0.1, 0.15) is 0 Å². The van der Waals surface area contributed by atoms with E-state index < -0.39 is 41.3 Å². The minimum absolute atomic E-state index is 0.274. The summed E-state index contributed by atoms with van der Waals surface area (Å²) < 4.78 is 47.4. The number of carbonyl (C=O) groups excluding carboxylic acids is 1. The van der Waals surface area contributed by atoms with Crippen molar-refractivity contribution in [3.8, 4) is 0 Å².